The van der Waals surface area contributed by atoms with Crippen molar-refractivity contribution in [2.45, 2.75) is 37.8 Å². The van der Waals surface area contributed by atoms with E-state index in [1.165, 1.54) is 0 Å². The first-order valence-corrected chi connectivity index (χ1v) is 12.4. The largest absolute Gasteiger partial charge is 0.370 e. The van der Waals surface area contributed by atoms with Gasteiger partial charge in [-0.3, -0.25) is 19.4 Å². The molecule has 0 unspecified atom stereocenters. The molecule has 0 aliphatic heterocycles. The summed E-state index contributed by atoms with van der Waals surface area (Å²) < 4.78 is 0. The maximum atomic E-state index is 13.6. The average Bonchev–Trinajstić information content (AvgIpc) is 2.91. The van der Waals surface area contributed by atoms with Crippen molar-refractivity contribution in [1.82, 2.24) is 10.6 Å². The Labute approximate surface area is 222 Å². The topological polar surface area (TPSA) is 166 Å². The molecular formula is C29H34N6O3. The van der Waals surface area contributed by atoms with Gasteiger partial charge in [-0.1, -0.05) is 84.9 Å². The van der Waals surface area contributed by atoms with Crippen molar-refractivity contribution in [2.75, 3.05) is 6.54 Å². The molecule has 1 atom stereocenters. The fourth-order valence-electron chi connectivity index (χ4n) is 4.10. The molecule has 0 heterocycles. The minimum absolute atomic E-state index is 0.0250. The molecule has 3 aromatic rings. The van der Waals surface area contributed by atoms with E-state index >= 15 is 0 Å². The second-order valence-electron chi connectivity index (χ2n) is 8.94. The molecule has 0 bridgehead atoms. The summed E-state index contributed by atoms with van der Waals surface area (Å²) in [7, 11) is 0. The Morgan fingerprint density at radius 2 is 1.29 bits per heavy atom. The van der Waals surface area contributed by atoms with Crippen molar-refractivity contribution < 1.29 is 14.4 Å². The van der Waals surface area contributed by atoms with Crippen LogP contribution in [0.15, 0.2) is 89.9 Å². The van der Waals surface area contributed by atoms with E-state index in [4.69, 9.17) is 17.2 Å². The molecule has 0 aromatic heterocycles. The predicted octanol–water partition coefficient (Wildman–Crippen LogP) is 1.70. The van der Waals surface area contributed by atoms with Crippen LogP contribution in [-0.4, -0.2) is 36.3 Å². The Kier molecular flexibility index (Phi) is 10.4. The molecule has 3 aromatic carbocycles. The predicted molar refractivity (Wildman–Crippen MR) is 148 cm³/mol. The number of hydrogen-bond acceptors (Lipinski definition) is 4. The molecule has 0 radical (unpaired) electrons. The summed E-state index contributed by atoms with van der Waals surface area (Å²) in [6.45, 7) is 0.598. The number of nitrogens with zero attached hydrogens (tertiary/aromatic N) is 1. The van der Waals surface area contributed by atoms with Gasteiger partial charge in [0.1, 0.15) is 6.04 Å². The summed E-state index contributed by atoms with van der Waals surface area (Å²) in [5.74, 6) is -1.61. The van der Waals surface area contributed by atoms with Gasteiger partial charge in [0.15, 0.2) is 5.96 Å². The molecule has 0 aliphatic carbocycles. The number of nitrogens with two attached hydrogens (primary N) is 3. The van der Waals surface area contributed by atoms with Crippen molar-refractivity contribution in [3.63, 3.8) is 0 Å². The summed E-state index contributed by atoms with van der Waals surface area (Å²) in [5, 5.41) is 5.86. The van der Waals surface area contributed by atoms with Crippen LogP contribution in [0.5, 0.6) is 0 Å². The van der Waals surface area contributed by atoms with Crippen molar-refractivity contribution >= 4 is 23.7 Å². The van der Waals surface area contributed by atoms with Crippen LogP contribution in [0.3, 0.4) is 0 Å². The Balaban J connectivity index is 1.74. The van der Waals surface area contributed by atoms with Gasteiger partial charge < -0.3 is 27.8 Å². The molecule has 3 rings (SSSR count). The van der Waals surface area contributed by atoms with Crippen LogP contribution >= 0.6 is 0 Å². The lowest BCUT2D eigenvalue weighted by Gasteiger charge is -2.23. The molecule has 0 fully saturated rings. The van der Waals surface area contributed by atoms with Crippen molar-refractivity contribution in [3.05, 3.63) is 107 Å². The lowest BCUT2D eigenvalue weighted by molar-refractivity contribution is -0.129. The molecule has 198 valence electrons. The number of benzene rings is 3. The Bertz CT molecular complexity index is 1190. The fraction of sp³-hybridized carbons (Fsp3) is 0.241. The van der Waals surface area contributed by atoms with Crippen LogP contribution in [0, 0.1) is 0 Å². The average molecular weight is 515 g/mol. The van der Waals surface area contributed by atoms with Crippen molar-refractivity contribution in [3.8, 4) is 0 Å². The van der Waals surface area contributed by atoms with Crippen LogP contribution in [0.2, 0.25) is 0 Å². The third-order valence-corrected chi connectivity index (χ3v) is 5.97. The third kappa shape index (κ3) is 8.77. The zero-order valence-corrected chi connectivity index (χ0v) is 21.2. The molecule has 9 heteroatoms. The fourth-order valence-corrected chi connectivity index (χ4v) is 4.10. The third-order valence-electron chi connectivity index (χ3n) is 5.97. The van der Waals surface area contributed by atoms with Gasteiger partial charge in [-0.25, -0.2) is 0 Å². The van der Waals surface area contributed by atoms with Crippen LogP contribution in [0.1, 0.15) is 41.0 Å². The zero-order valence-electron chi connectivity index (χ0n) is 21.2. The first-order chi connectivity index (χ1) is 18.3. The molecule has 8 N–H and O–H groups in total. The number of guanidine groups is 1. The molecule has 0 spiro atoms. The highest BCUT2D eigenvalue weighted by Gasteiger charge is 2.27. The minimum Gasteiger partial charge on any atom is -0.370 e. The van der Waals surface area contributed by atoms with Crippen LogP contribution < -0.4 is 27.8 Å². The lowest BCUT2D eigenvalue weighted by Crippen LogP contribution is -2.48. The van der Waals surface area contributed by atoms with E-state index in [0.29, 0.717) is 19.4 Å². The first-order valence-electron chi connectivity index (χ1n) is 12.4. The number of amides is 3. The second-order valence-corrected chi connectivity index (χ2v) is 8.94. The number of primary amides is 1. The van der Waals surface area contributed by atoms with Gasteiger partial charge >= 0.3 is 0 Å². The number of nitrogens with one attached hydrogen (secondary N) is 2. The Morgan fingerprint density at radius 1 is 0.737 bits per heavy atom. The van der Waals surface area contributed by atoms with Gasteiger partial charge in [0.2, 0.25) is 17.7 Å². The van der Waals surface area contributed by atoms with E-state index in [0.717, 1.165) is 22.3 Å². The van der Waals surface area contributed by atoms with Crippen molar-refractivity contribution in [2.24, 2.45) is 22.2 Å². The normalized spacial score (nSPS) is 11.4. The van der Waals surface area contributed by atoms with Crippen LogP contribution in [0.4, 0.5) is 0 Å². The van der Waals surface area contributed by atoms with Gasteiger partial charge in [-0.05, 0) is 35.1 Å². The molecular weight excluding hydrogens is 480 g/mol. The highest BCUT2D eigenvalue weighted by Crippen LogP contribution is 2.25. The Hall–Kier alpha value is -4.66. The maximum absolute atomic E-state index is 13.6. The highest BCUT2D eigenvalue weighted by molar-refractivity contribution is 5.92. The zero-order chi connectivity index (χ0) is 27.3. The standard InChI is InChI=1S/C29H34N6O3/c30-25(36)18-20-13-15-21(16-14-20)19-34-27(37)24(12-7-17-33-29(31)32)35-28(38)26(22-8-3-1-4-9-22)23-10-5-2-6-11-23/h1-6,8-11,13-16,24,26H,7,12,17-19H2,(H2,30,36)(H,34,37)(H,35,38)(H4,31,32,33)/t24-/m1/s1. The van der Waals surface area contributed by atoms with Crippen molar-refractivity contribution in [1.29, 1.82) is 0 Å². The molecule has 9 nitrogen and oxygen atoms in total. The van der Waals surface area contributed by atoms with E-state index in [9.17, 15) is 14.4 Å². The molecule has 3 amide bonds. The summed E-state index contributed by atoms with van der Waals surface area (Å²) in [6.07, 6.45) is 1.00. The molecule has 0 aliphatic rings. The summed E-state index contributed by atoms with van der Waals surface area (Å²) in [4.78, 5) is 41.9. The summed E-state index contributed by atoms with van der Waals surface area (Å²) >= 11 is 0. The maximum Gasteiger partial charge on any atom is 0.242 e. The van der Waals surface area contributed by atoms with E-state index in [2.05, 4.69) is 15.6 Å². The van der Waals surface area contributed by atoms with Gasteiger partial charge in [0.05, 0.1) is 12.3 Å². The minimum atomic E-state index is -0.791. The lowest BCUT2D eigenvalue weighted by atomic mass is 9.90. The van der Waals surface area contributed by atoms with Gasteiger partial charge in [0, 0.05) is 13.1 Å². The monoisotopic (exact) mass is 514 g/mol. The SMILES string of the molecule is NC(=O)Cc1ccc(CNC(=O)[C@@H](CCCN=C(N)N)NC(=O)C(c2ccccc2)c2ccccc2)cc1. The second kappa shape index (κ2) is 14.2. The highest BCUT2D eigenvalue weighted by atomic mass is 16.2. The molecule has 38 heavy (non-hydrogen) atoms. The first kappa shape index (κ1) is 27.9. The summed E-state index contributed by atoms with van der Waals surface area (Å²) in [6, 6.07) is 25.3. The smallest absolute Gasteiger partial charge is 0.242 e. The van der Waals surface area contributed by atoms with Crippen LogP contribution in [0.25, 0.3) is 0 Å². The number of rotatable bonds is 13. The number of carbonyl (C=O) groups is 3. The molecule has 0 saturated carbocycles. The van der Waals surface area contributed by atoms with E-state index < -0.39 is 17.9 Å². The van der Waals surface area contributed by atoms with Gasteiger partial charge in [0.25, 0.3) is 0 Å². The van der Waals surface area contributed by atoms with Gasteiger partial charge in [-0.15, -0.1) is 0 Å². The van der Waals surface area contributed by atoms with E-state index in [1.807, 2.05) is 72.8 Å². The summed E-state index contributed by atoms with van der Waals surface area (Å²) in [5.41, 5.74) is 19.4. The number of carbonyl (C=O) groups excluding carboxylic acids is 3. The quantitative estimate of drug-likeness (QED) is 0.133. The molecule has 0 saturated heterocycles. The van der Waals surface area contributed by atoms with Crippen LogP contribution in [-0.2, 0) is 27.3 Å². The Morgan fingerprint density at radius 3 is 1.82 bits per heavy atom. The number of aliphatic imine (C=N–C) groups is 1. The van der Waals surface area contributed by atoms with Gasteiger partial charge in [-0.2, -0.15) is 0 Å². The van der Waals surface area contributed by atoms with E-state index in [1.54, 1.807) is 12.1 Å². The number of hydrogen-bond donors (Lipinski definition) is 5. The van der Waals surface area contributed by atoms with E-state index in [-0.39, 0.29) is 30.7 Å².